The van der Waals surface area contributed by atoms with Gasteiger partial charge in [-0.25, -0.2) is 0 Å². The highest BCUT2D eigenvalue weighted by Gasteiger charge is 2.48. The number of aryl methyl sites for hydroxylation is 1. The normalized spacial score (nSPS) is 15.3. The maximum absolute atomic E-state index is 13.9. The zero-order chi connectivity index (χ0) is 36.8. The molecule has 0 saturated carbocycles. The van der Waals surface area contributed by atoms with Crippen molar-refractivity contribution in [3.8, 4) is 17.2 Å². The van der Waals surface area contributed by atoms with Crippen molar-refractivity contribution in [1.82, 2.24) is 10.2 Å². The van der Waals surface area contributed by atoms with Crippen molar-refractivity contribution in [2.45, 2.75) is 49.9 Å². The average molecular weight is 756 g/mol. The molecule has 1 unspecified atom stereocenters. The van der Waals surface area contributed by atoms with E-state index in [1.54, 1.807) is 42.5 Å². The maximum Gasteiger partial charge on any atom is 0.301 e. The van der Waals surface area contributed by atoms with Crippen LogP contribution in [0.3, 0.4) is 0 Å². The van der Waals surface area contributed by atoms with Crippen LogP contribution in [0, 0.1) is 12.8 Å². The molecule has 52 heavy (non-hydrogen) atoms. The van der Waals surface area contributed by atoms with Crippen LogP contribution in [0.2, 0.25) is 5.02 Å². The first-order valence-electron chi connectivity index (χ1n) is 16.7. The third-order valence-electron chi connectivity index (χ3n) is 8.56. The first kappa shape index (κ1) is 36.9. The lowest BCUT2D eigenvalue weighted by molar-refractivity contribution is -0.132. The number of halogens is 1. The molecule has 1 N–H and O–H groups in total. The van der Waals surface area contributed by atoms with E-state index in [1.165, 1.54) is 35.1 Å². The van der Waals surface area contributed by atoms with E-state index < -0.39 is 17.7 Å². The third kappa shape index (κ3) is 8.44. The summed E-state index contributed by atoms with van der Waals surface area (Å²) in [4.78, 5) is 29.0. The molecule has 1 saturated heterocycles. The summed E-state index contributed by atoms with van der Waals surface area (Å²) in [5.41, 5.74) is 4.02. The van der Waals surface area contributed by atoms with E-state index in [0.717, 1.165) is 23.1 Å². The number of anilines is 1. The molecule has 268 valence electrons. The maximum atomic E-state index is 13.9. The van der Waals surface area contributed by atoms with Crippen LogP contribution in [0.25, 0.3) is 5.76 Å². The Morgan fingerprint density at radius 1 is 0.962 bits per heavy atom. The Labute approximate surface area is 316 Å². The number of rotatable bonds is 14. The molecule has 1 aliphatic rings. The molecule has 1 aromatic heterocycles. The van der Waals surface area contributed by atoms with Crippen molar-refractivity contribution in [3.63, 3.8) is 0 Å². The van der Waals surface area contributed by atoms with E-state index in [4.69, 9.17) is 25.8 Å². The van der Waals surface area contributed by atoms with Gasteiger partial charge < -0.3 is 19.3 Å². The Bertz CT molecular complexity index is 2080. The van der Waals surface area contributed by atoms with E-state index in [-0.39, 0.29) is 16.5 Å². The number of nitrogens with zero attached hydrogens (tertiary/aromatic N) is 3. The summed E-state index contributed by atoms with van der Waals surface area (Å²) < 4.78 is 18.3. The summed E-state index contributed by atoms with van der Waals surface area (Å²) >= 11 is 8.68. The van der Waals surface area contributed by atoms with Gasteiger partial charge in [0, 0.05) is 16.3 Å². The van der Waals surface area contributed by atoms with Crippen LogP contribution in [0.15, 0.2) is 101 Å². The number of amides is 1. The van der Waals surface area contributed by atoms with E-state index in [9.17, 15) is 14.7 Å². The van der Waals surface area contributed by atoms with E-state index in [0.29, 0.717) is 62.6 Å². The second-order valence-electron chi connectivity index (χ2n) is 12.6. The fourth-order valence-electron chi connectivity index (χ4n) is 5.60. The number of thioether (sulfide) groups is 1. The van der Waals surface area contributed by atoms with Crippen LogP contribution in [0.1, 0.15) is 54.1 Å². The van der Waals surface area contributed by atoms with Gasteiger partial charge in [0.15, 0.2) is 15.8 Å². The molecule has 1 amide bonds. The van der Waals surface area contributed by atoms with E-state index in [1.807, 2.05) is 55.5 Å². The highest BCUT2D eigenvalue weighted by molar-refractivity contribution is 8.00. The van der Waals surface area contributed by atoms with Crippen LogP contribution in [-0.2, 0) is 21.9 Å². The Kier molecular flexibility index (Phi) is 11.8. The molecule has 0 radical (unpaired) electrons. The minimum Gasteiger partial charge on any atom is -0.507 e. The standard InChI is InChI=1S/C40H38ClN3O6S2/c1-24(2)19-20-49-32-18-13-28(21-33(32)48-4)35-34(36(45)27-11-16-31(17-12-27)50-22-29-8-6-5-7-25(29)3)37(46)38(47)44(35)39-42-43-40(52-39)51-23-26-9-14-30(41)15-10-26/h5-18,21,24,35,45H,19-20,22-23H2,1-4H3. The molecule has 6 rings (SSSR count). The fourth-order valence-corrected chi connectivity index (χ4v) is 7.55. The van der Waals surface area contributed by atoms with Crippen LogP contribution in [0.5, 0.6) is 17.2 Å². The molecule has 5 aromatic rings. The molecular formula is C40H38ClN3O6S2. The number of benzene rings is 4. The number of methoxy groups -OCH3 is 1. The summed E-state index contributed by atoms with van der Waals surface area (Å²) in [6, 6.07) is 26.5. The summed E-state index contributed by atoms with van der Waals surface area (Å²) in [6.45, 7) is 7.14. The number of ketones is 1. The van der Waals surface area contributed by atoms with Crippen LogP contribution >= 0.6 is 34.7 Å². The number of aromatic nitrogens is 2. The van der Waals surface area contributed by atoms with E-state index in [2.05, 4.69) is 24.0 Å². The van der Waals surface area contributed by atoms with Crippen molar-refractivity contribution in [1.29, 1.82) is 0 Å². The van der Waals surface area contributed by atoms with Gasteiger partial charge in [0.25, 0.3) is 5.78 Å². The smallest absolute Gasteiger partial charge is 0.301 e. The lowest BCUT2D eigenvalue weighted by Crippen LogP contribution is -2.29. The molecular weight excluding hydrogens is 718 g/mol. The fraction of sp³-hybridized carbons (Fsp3) is 0.250. The number of hydrogen-bond acceptors (Lipinski definition) is 10. The lowest BCUT2D eigenvalue weighted by atomic mass is 9.95. The first-order chi connectivity index (χ1) is 25.1. The van der Waals surface area contributed by atoms with Crippen molar-refractivity contribution in [3.05, 3.63) is 129 Å². The van der Waals surface area contributed by atoms with Crippen molar-refractivity contribution >= 4 is 57.3 Å². The molecule has 2 heterocycles. The molecule has 0 aliphatic carbocycles. The monoisotopic (exact) mass is 755 g/mol. The van der Waals surface area contributed by atoms with Gasteiger partial charge in [0.05, 0.1) is 25.3 Å². The molecule has 1 aliphatic heterocycles. The highest BCUT2D eigenvalue weighted by Crippen LogP contribution is 2.46. The molecule has 0 bridgehead atoms. The number of carbonyl (C=O) groups excluding carboxylic acids is 2. The number of Topliss-reactive ketones (excluding diaryl/α,β-unsaturated/α-hetero) is 1. The molecule has 9 nitrogen and oxygen atoms in total. The van der Waals surface area contributed by atoms with Gasteiger partial charge in [0.1, 0.15) is 18.1 Å². The molecule has 4 aromatic carbocycles. The van der Waals surface area contributed by atoms with Crippen LogP contribution in [-0.4, -0.2) is 40.7 Å². The van der Waals surface area contributed by atoms with Gasteiger partial charge in [0.2, 0.25) is 5.13 Å². The predicted molar refractivity (Wildman–Crippen MR) is 206 cm³/mol. The van der Waals surface area contributed by atoms with Gasteiger partial charge in [-0.15, -0.1) is 10.2 Å². The SMILES string of the molecule is COc1cc(C2C(=C(O)c3ccc(OCc4ccccc4C)cc3)C(=O)C(=O)N2c2nnc(SCc3ccc(Cl)cc3)s2)ccc1OCCC(C)C. The first-order valence-corrected chi connectivity index (χ1v) is 18.9. The number of hydrogen-bond donors (Lipinski definition) is 1. The Balaban J connectivity index is 1.34. The number of carbonyl (C=O) groups is 2. The Morgan fingerprint density at radius 2 is 1.71 bits per heavy atom. The van der Waals surface area contributed by atoms with Gasteiger partial charge in [-0.05, 0) is 90.0 Å². The average Bonchev–Trinajstić information content (AvgIpc) is 3.72. The van der Waals surface area contributed by atoms with Gasteiger partial charge in [-0.3, -0.25) is 14.5 Å². The quantitative estimate of drug-likeness (QED) is 0.0390. The van der Waals surface area contributed by atoms with Gasteiger partial charge in [-0.2, -0.15) is 0 Å². The minimum absolute atomic E-state index is 0.0836. The number of ether oxygens (including phenoxy) is 3. The van der Waals surface area contributed by atoms with Crippen LogP contribution in [0.4, 0.5) is 5.13 Å². The zero-order valence-electron chi connectivity index (χ0n) is 29.2. The van der Waals surface area contributed by atoms with E-state index >= 15 is 0 Å². The third-order valence-corrected chi connectivity index (χ3v) is 10.9. The summed E-state index contributed by atoms with van der Waals surface area (Å²) in [6.07, 6.45) is 0.857. The Hall–Kier alpha value is -4.84. The summed E-state index contributed by atoms with van der Waals surface area (Å²) in [5.74, 6) is 0.617. The number of aliphatic hydroxyl groups is 1. The van der Waals surface area contributed by atoms with Crippen molar-refractivity contribution in [2.24, 2.45) is 5.92 Å². The summed E-state index contributed by atoms with van der Waals surface area (Å²) in [7, 11) is 1.53. The zero-order valence-corrected chi connectivity index (χ0v) is 31.6. The lowest BCUT2D eigenvalue weighted by Gasteiger charge is -2.23. The predicted octanol–water partition coefficient (Wildman–Crippen LogP) is 9.43. The second-order valence-corrected chi connectivity index (χ2v) is 15.2. The highest BCUT2D eigenvalue weighted by atomic mass is 35.5. The van der Waals surface area contributed by atoms with Crippen molar-refractivity contribution in [2.75, 3.05) is 18.6 Å². The van der Waals surface area contributed by atoms with Gasteiger partial charge in [-0.1, -0.05) is 91.0 Å². The van der Waals surface area contributed by atoms with Crippen molar-refractivity contribution < 1.29 is 28.9 Å². The molecule has 1 atom stereocenters. The molecule has 1 fully saturated rings. The second kappa shape index (κ2) is 16.7. The van der Waals surface area contributed by atoms with Crippen LogP contribution < -0.4 is 19.1 Å². The topological polar surface area (TPSA) is 111 Å². The number of aliphatic hydroxyl groups excluding tert-OH is 1. The van der Waals surface area contributed by atoms with Gasteiger partial charge >= 0.3 is 5.91 Å². The minimum atomic E-state index is -1.03. The largest absolute Gasteiger partial charge is 0.507 e. The molecule has 12 heteroatoms. The Morgan fingerprint density at radius 3 is 2.42 bits per heavy atom. The molecule has 0 spiro atoms. The summed E-state index contributed by atoms with van der Waals surface area (Å²) in [5, 5.41) is 21.3.